The second-order valence-electron chi connectivity index (χ2n) is 3.91. The third-order valence-electron chi connectivity index (χ3n) is 2.52. The van der Waals surface area contributed by atoms with E-state index in [2.05, 4.69) is 16.6 Å². The van der Waals surface area contributed by atoms with Crippen molar-refractivity contribution in [3.05, 3.63) is 23.6 Å². The van der Waals surface area contributed by atoms with E-state index < -0.39 is 0 Å². The van der Waals surface area contributed by atoms with Crippen molar-refractivity contribution in [1.29, 1.82) is 0 Å². The van der Waals surface area contributed by atoms with Crippen LogP contribution in [-0.4, -0.2) is 37.6 Å². The quantitative estimate of drug-likeness (QED) is 0.757. The summed E-state index contributed by atoms with van der Waals surface area (Å²) in [6.45, 7) is 1.35. The van der Waals surface area contributed by atoms with Crippen LogP contribution >= 0.6 is 11.8 Å². The first kappa shape index (κ1) is 14.3. The molecule has 0 saturated carbocycles. The average molecular weight is 257 g/mol. The summed E-state index contributed by atoms with van der Waals surface area (Å²) < 4.78 is 14.1. The molecule has 17 heavy (non-hydrogen) atoms. The predicted octanol–water partition coefficient (Wildman–Crippen LogP) is 2.13. The van der Waals surface area contributed by atoms with Gasteiger partial charge < -0.3 is 10.2 Å². The zero-order valence-electron chi connectivity index (χ0n) is 10.7. The number of aromatic nitrogens is 1. The van der Waals surface area contributed by atoms with Gasteiger partial charge in [0.25, 0.3) is 0 Å². The number of hydrogen-bond donors (Lipinski definition) is 1. The summed E-state index contributed by atoms with van der Waals surface area (Å²) in [5.74, 6) is 1.31. The first-order valence-electron chi connectivity index (χ1n) is 5.68. The molecule has 0 amide bonds. The van der Waals surface area contributed by atoms with Gasteiger partial charge in [-0.05, 0) is 31.5 Å². The van der Waals surface area contributed by atoms with E-state index in [1.165, 1.54) is 0 Å². The van der Waals surface area contributed by atoms with Crippen molar-refractivity contribution in [1.82, 2.24) is 10.3 Å². The van der Waals surface area contributed by atoms with Crippen molar-refractivity contribution in [2.45, 2.75) is 13.0 Å². The fourth-order valence-corrected chi connectivity index (χ4v) is 2.03. The Kier molecular flexibility index (Phi) is 6.29. The molecule has 0 fully saturated rings. The van der Waals surface area contributed by atoms with Crippen LogP contribution < -0.4 is 10.2 Å². The summed E-state index contributed by atoms with van der Waals surface area (Å²) in [6, 6.07) is 1.71. The minimum atomic E-state index is -0.214. The van der Waals surface area contributed by atoms with Crippen LogP contribution in [0.3, 0.4) is 0 Å². The first-order valence-corrected chi connectivity index (χ1v) is 7.08. The average Bonchev–Trinajstić information content (AvgIpc) is 2.32. The maximum Gasteiger partial charge on any atom is 0.170 e. The lowest BCUT2D eigenvalue weighted by molar-refractivity contribution is 0.589. The van der Waals surface area contributed by atoms with E-state index in [1.54, 1.807) is 24.0 Å². The monoisotopic (exact) mass is 257 g/mol. The van der Waals surface area contributed by atoms with E-state index >= 15 is 0 Å². The molecule has 1 N–H and O–H groups in total. The summed E-state index contributed by atoms with van der Waals surface area (Å²) in [5.41, 5.74) is 0.661. The molecule has 0 spiro atoms. The van der Waals surface area contributed by atoms with Crippen molar-refractivity contribution in [3.63, 3.8) is 0 Å². The molecule has 0 aliphatic rings. The van der Waals surface area contributed by atoms with Gasteiger partial charge in [0.15, 0.2) is 11.6 Å². The van der Waals surface area contributed by atoms with Crippen LogP contribution in [0.15, 0.2) is 12.3 Å². The highest BCUT2D eigenvalue weighted by Gasteiger charge is 2.12. The van der Waals surface area contributed by atoms with Gasteiger partial charge in [-0.15, -0.1) is 0 Å². The number of rotatable bonds is 7. The Morgan fingerprint density at radius 1 is 1.53 bits per heavy atom. The zero-order chi connectivity index (χ0) is 12.7. The lowest BCUT2D eigenvalue weighted by atomic mass is 10.2. The number of thioether (sulfide) groups is 1. The van der Waals surface area contributed by atoms with E-state index in [9.17, 15) is 4.39 Å². The number of hydrogen-bond acceptors (Lipinski definition) is 4. The Bertz CT molecular complexity index is 347. The van der Waals surface area contributed by atoms with Crippen LogP contribution in [0.5, 0.6) is 0 Å². The summed E-state index contributed by atoms with van der Waals surface area (Å²) >= 11 is 1.80. The molecule has 1 aromatic rings. The molecular formula is C12H20FN3S. The maximum absolute atomic E-state index is 14.1. The number of nitrogens with zero attached hydrogens (tertiary/aromatic N) is 2. The third kappa shape index (κ3) is 4.16. The molecule has 3 nitrogen and oxygen atoms in total. The van der Waals surface area contributed by atoms with Gasteiger partial charge in [0, 0.05) is 31.9 Å². The fraction of sp³-hybridized carbons (Fsp3) is 0.583. The van der Waals surface area contributed by atoms with Crippen molar-refractivity contribution in [3.8, 4) is 0 Å². The summed E-state index contributed by atoms with van der Waals surface area (Å²) in [4.78, 5) is 6.00. The number of nitrogens with one attached hydrogen (secondary N) is 1. The fourth-order valence-electron chi connectivity index (χ4n) is 1.62. The standard InChI is InChI=1S/C12H20FN3S/c1-14-9-10-5-6-15-12(11(10)13)16(2)7-4-8-17-3/h5-6,14H,4,7-9H2,1-3H3. The van der Waals surface area contributed by atoms with Crippen LogP contribution in [0.1, 0.15) is 12.0 Å². The molecule has 1 rings (SSSR count). The largest absolute Gasteiger partial charge is 0.357 e. The Morgan fingerprint density at radius 2 is 2.29 bits per heavy atom. The normalized spacial score (nSPS) is 10.6. The molecular weight excluding hydrogens is 237 g/mol. The van der Waals surface area contributed by atoms with Crippen LogP contribution in [0.4, 0.5) is 10.2 Å². The summed E-state index contributed by atoms with van der Waals surface area (Å²) in [6.07, 6.45) is 4.78. The Hall–Kier alpha value is -0.810. The van der Waals surface area contributed by atoms with Gasteiger partial charge in [-0.25, -0.2) is 9.37 Å². The number of pyridine rings is 1. The molecule has 1 heterocycles. The van der Waals surface area contributed by atoms with Crippen LogP contribution in [0, 0.1) is 5.82 Å². The van der Waals surface area contributed by atoms with Crippen LogP contribution in [0.2, 0.25) is 0 Å². The Morgan fingerprint density at radius 3 is 2.94 bits per heavy atom. The third-order valence-corrected chi connectivity index (χ3v) is 3.22. The van der Waals surface area contributed by atoms with E-state index in [0.29, 0.717) is 17.9 Å². The molecule has 96 valence electrons. The van der Waals surface area contributed by atoms with Crippen molar-refractivity contribution in [2.75, 3.05) is 37.5 Å². The molecule has 0 atom stereocenters. The van der Waals surface area contributed by atoms with Gasteiger partial charge in [0.05, 0.1) is 0 Å². The summed E-state index contributed by atoms with van der Waals surface area (Å²) in [5, 5.41) is 2.95. The smallest absolute Gasteiger partial charge is 0.170 e. The lowest BCUT2D eigenvalue weighted by Gasteiger charge is -2.19. The molecule has 0 aliphatic heterocycles. The van der Waals surface area contributed by atoms with Gasteiger partial charge >= 0.3 is 0 Å². The Balaban J connectivity index is 2.72. The van der Waals surface area contributed by atoms with Gasteiger partial charge in [-0.3, -0.25) is 0 Å². The van der Waals surface area contributed by atoms with Gasteiger partial charge in [-0.2, -0.15) is 11.8 Å². The van der Waals surface area contributed by atoms with Crippen LogP contribution in [0.25, 0.3) is 0 Å². The number of halogens is 1. The molecule has 0 aliphatic carbocycles. The van der Waals surface area contributed by atoms with Gasteiger partial charge in [0.2, 0.25) is 0 Å². The van der Waals surface area contributed by atoms with Gasteiger partial charge in [-0.1, -0.05) is 0 Å². The minimum absolute atomic E-state index is 0.214. The minimum Gasteiger partial charge on any atom is -0.357 e. The van der Waals surface area contributed by atoms with E-state index in [4.69, 9.17) is 0 Å². The maximum atomic E-state index is 14.1. The second kappa shape index (κ2) is 7.50. The highest BCUT2D eigenvalue weighted by molar-refractivity contribution is 7.98. The van der Waals surface area contributed by atoms with E-state index in [1.807, 2.05) is 19.0 Å². The second-order valence-corrected chi connectivity index (χ2v) is 4.89. The molecule has 0 radical (unpaired) electrons. The topological polar surface area (TPSA) is 28.2 Å². The molecule has 5 heteroatoms. The molecule has 0 aromatic carbocycles. The van der Waals surface area contributed by atoms with Crippen LogP contribution in [-0.2, 0) is 6.54 Å². The molecule has 0 unspecified atom stereocenters. The number of anilines is 1. The lowest BCUT2D eigenvalue weighted by Crippen LogP contribution is -2.22. The van der Waals surface area contributed by atoms with E-state index in [0.717, 1.165) is 18.7 Å². The highest BCUT2D eigenvalue weighted by atomic mass is 32.2. The summed E-state index contributed by atoms with van der Waals surface area (Å²) in [7, 11) is 3.69. The predicted molar refractivity (Wildman–Crippen MR) is 73.2 cm³/mol. The van der Waals surface area contributed by atoms with Gasteiger partial charge in [0.1, 0.15) is 0 Å². The highest BCUT2D eigenvalue weighted by Crippen LogP contribution is 2.18. The van der Waals surface area contributed by atoms with Crippen molar-refractivity contribution < 1.29 is 4.39 Å². The molecule has 0 bridgehead atoms. The van der Waals surface area contributed by atoms with E-state index in [-0.39, 0.29) is 5.82 Å². The molecule has 1 aromatic heterocycles. The SMILES string of the molecule is CNCc1ccnc(N(C)CCCSC)c1F. The Labute approximate surface area is 107 Å². The zero-order valence-corrected chi connectivity index (χ0v) is 11.5. The van der Waals surface area contributed by atoms with Crippen molar-refractivity contribution in [2.24, 2.45) is 0 Å². The first-order chi connectivity index (χ1) is 8.20. The van der Waals surface area contributed by atoms with Crippen molar-refractivity contribution >= 4 is 17.6 Å². The molecule has 0 saturated heterocycles.